The van der Waals surface area contributed by atoms with Crippen molar-refractivity contribution >= 4 is 5.91 Å². The van der Waals surface area contributed by atoms with Crippen molar-refractivity contribution in [1.82, 2.24) is 5.32 Å². The molecule has 0 heterocycles. The fourth-order valence-electron chi connectivity index (χ4n) is 2.84. The summed E-state index contributed by atoms with van der Waals surface area (Å²) < 4.78 is 5.12. The summed E-state index contributed by atoms with van der Waals surface area (Å²) in [5.74, 6) is 0.928. The lowest BCUT2D eigenvalue weighted by molar-refractivity contribution is -0.124. The summed E-state index contributed by atoms with van der Waals surface area (Å²) in [5, 5.41) is 3.04. The van der Waals surface area contributed by atoms with E-state index in [1.807, 2.05) is 0 Å². The molecule has 1 amide bonds. The molecule has 4 heteroatoms. The second-order valence-electron chi connectivity index (χ2n) is 5.85. The first-order valence-electron chi connectivity index (χ1n) is 7.68. The number of carbonyl (C=O) groups is 1. The van der Waals surface area contributed by atoms with Crippen LogP contribution in [0.2, 0.25) is 0 Å². The molecule has 112 valence electrons. The Hall–Kier alpha value is -0.610. The van der Waals surface area contributed by atoms with E-state index in [-0.39, 0.29) is 18.1 Å². The van der Waals surface area contributed by atoms with E-state index in [2.05, 4.69) is 12.2 Å². The minimum absolute atomic E-state index is 0.0495. The van der Waals surface area contributed by atoms with Gasteiger partial charge >= 0.3 is 0 Å². The first-order chi connectivity index (χ1) is 9.15. The number of hydrogen-bond acceptors (Lipinski definition) is 3. The standard InChI is InChI=1S/C15H30N2O2/c1-12(8-9-13-6-4-3-5-7-13)17-15(18)10-14(11-16)19-2/h12-14H,3-11,16H2,1-2H3,(H,17,18). The Morgan fingerprint density at radius 2 is 2.05 bits per heavy atom. The van der Waals surface area contributed by atoms with Crippen molar-refractivity contribution in [3.05, 3.63) is 0 Å². The molecule has 1 saturated carbocycles. The van der Waals surface area contributed by atoms with E-state index in [1.54, 1.807) is 7.11 Å². The molecule has 1 fully saturated rings. The monoisotopic (exact) mass is 270 g/mol. The number of hydrogen-bond donors (Lipinski definition) is 2. The maximum absolute atomic E-state index is 11.8. The molecule has 0 saturated heterocycles. The van der Waals surface area contributed by atoms with Crippen molar-refractivity contribution in [2.45, 2.75) is 70.4 Å². The quantitative estimate of drug-likeness (QED) is 0.711. The zero-order chi connectivity index (χ0) is 14.1. The molecular formula is C15H30N2O2. The van der Waals surface area contributed by atoms with Crippen LogP contribution in [0.15, 0.2) is 0 Å². The number of amides is 1. The molecule has 1 aliphatic rings. The van der Waals surface area contributed by atoms with E-state index in [4.69, 9.17) is 10.5 Å². The lowest BCUT2D eigenvalue weighted by Crippen LogP contribution is -2.37. The van der Waals surface area contributed by atoms with Crippen LogP contribution in [0.25, 0.3) is 0 Å². The van der Waals surface area contributed by atoms with Crippen molar-refractivity contribution in [2.24, 2.45) is 11.7 Å². The molecule has 1 rings (SSSR count). The van der Waals surface area contributed by atoms with Gasteiger partial charge in [0.15, 0.2) is 0 Å². The molecule has 3 N–H and O–H groups in total. The molecule has 0 aromatic rings. The average molecular weight is 270 g/mol. The molecule has 0 radical (unpaired) electrons. The third-order valence-corrected chi connectivity index (χ3v) is 4.15. The van der Waals surface area contributed by atoms with E-state index in [0.29, 0.717) is 13.0 Å². The zero-order valence-corrected chi connectivity index (χ0v) is 12.5. The largest absolute Gasteiger partial charge is 0.380 e. The van der Waals surface area contributed by atoms with Crippen LogP contribution in [0.3, 0.4) is 0 Å². The highest BCUT2D eigenvalue weighted by Crippen LogP contribution is 2.27. The Balaban J connectivity index is 2.15. The number of rotatable bonds is 8. The number of nitrogens with two attached hydrogens (primary N) is 1. The Bertz CT molecular complexity index is 249. The van der Waals surface area contributed by atoms with E-state index in [1.165, 1.54) is 38.5 Å². The van der Waals surface area contributed by atoms with Crippen molar-refractivity contribution in [3.63, 3.8) is 0 Å². The molecule has 19 heavy (non-hydrogen) atoms. The topological polar surface area (TPSA) is 64.3 Å². The second-order valence-corrected chi connectivity index (χ2v) is 5.85. The molecule has 4 nitrogen and oxygen atoms in total. The number of methoxy groups -OCH3 is 1. The van der Waals surface area contributed by atoms with Crippen molar-refractivity contribution in [1.29, 1.82) is 0 Å². The lowest BCUT2D eigenvalue weighted by Gasteiger charge is -2.23. The van der Waals surface area contributed by atoms with Gasteiger partial charge in [-0.1, -0.05) is 32.1 Å². The molecule has 0 bridgehead atoms. The van der Waals surface area contributed by atoms with Crippen molar-refractivity contribution in [3.8, 4) is 0 Å². The Labute approximate surface area is 117 Å². The van der Waals surface area contributed by atoms with Gasteiger partial charge in [-0.25, -0.2) is 0 Å². The second kappa shape index (κ2) is 9.32. The van der Waals surface area contributed by atoms with Crippen molar-refractivity contribution < 1.29 is 9.53 Å². The first-order valence-corrected chi connectivity index (χ1v) is 7.68. The fourth-order valence-corrected chi connectivity index (χ4v) is 2.84. The number of ether oxygens (including phenoxy) is 1. The molecule has 0 aromatic heterocycles. The van der Waals surface area contributed by atoms with Gasteiger partial charge < -0.3 is 15.8 Å². The van der Waals surface area contributed by atoms with Crippen LogP contribution in [0.4, 0.5) is 0 Å². The summed E-state index contributed by atoms with van der Waals surface area (Å²) in [6.45, 7) is 2.48. The van der Waals surface area contributed by atoms with Gasteiger partial charge in [0, 0.05) is 19.7 Å². The fraction of sp³-hybridized carbons (Fsp3) is 0.933. The minimum Gasteiger partial charge on any atom is -0.380 e. The van der Waals surface area contributed by atoms with Gasteiger partial charge in [0.2, 0.25) is 5.91 Å². The van der Waals surface area contributed by atoms with Gasteiger partial charge in [-0.3, -0.25) is 4.79 Å². The normalized spacial score (nSPS) is 19.9. The van der Waals surface area contributed by atoms with Crippen LogP contribution in [0.5, 0.6) is 0 Å². The van der Waals surface area contributed by atoms with E-state index >= 15 is 0 Å². The van der Waals surface area contributed by atoms with Gasteiger partial charge in [-0.05, 0) is 25.7 Å². The maximum atomic E-state index is 11.8. The van der Waals surface area contributed by atoms with Crippen LogP contribution in [-0.4, -0.2) is 31.7 Å². The molecule has 0 spiro atoms. The summed E-state index contributed by atoms with van der Waals surface area (Å²) in [6.07, 6.45) is 9.45. The average Bonchev–Trinajstić information content (AvgIpc) is 2.43. The number of nitrogens with one attached hydrogen (secondary N) is 1. The third-order valence-electron chi connectivity index (χ3n) is 4.15. The maximum Gasteiger partial charge on any atom is 0.222 e. The minimum atomic E-state index is -0.162. The summed E-state index contributed by atoms with van der Waals surface area (Å²) in [6, 6.07) is 0.254. The van der Waals surface area contributed by atoms with E-state index in [0.717, 1.165) is 12.3 Å². The Kier molecular flexibility index (Phi) is 8.07. The predicted molar refractivity (Wildman–Crippen MR) is 77.9 cm³/mol. The van der Waals surface area contributed by atoms with Gasteiger partial charge in [-0.15, -0.1) is 0 Å². The van der Waals surface area contributed by atoms with Crippen LogP contribution in [0, 0.1) is 5.92 Å². The highest BCUT2D eigenvalue weighted by molar-refractivity contribution is 5.76. The van der Waals surface area contributed by atoms with Gasteiger partial charge in [0.05, 0.1) is 12.5 Å². The van der Waals surface area contributed by atoms with Crippen molar-refractivity contribution in [2.75, 3.05) is 13.7 Å². The Morgan fingerprint density at radius 3 is 2.63 bits per heavy atom. The van der Waals surface area contributed by atoms with Crippen LogP contribution in [-0.2, 0) is 9.53 Å². The van der Waals surface area contributed by atoms with Gasteiger partial charge in [-0.2, -0.15) is 0 Å². The summed E-state index contributed by atoms with van der Waals surface area (Å²) >= 11 is 0. The Morgan fingerprint density at radius 1 is 1.37 bits per heavy atom. The molecule has 2 atom stereocenters. The van der Waals surface area contributed by atoms with E-state index in [9.17, 15) is 4.79 Å². The van der Waals surface area contributed by atoms with E-state index < -0.39 is 0 Å². The molecule has 2 unspecified atom stereocenters. The van der Waals surface area contributed by atoms with Crippen LogP contribution >= 0.6 is 0 Å². The summed E-state index contributed by atoms with van der Waals surface area (Å²) in [7, 11) is 1.59. The lowest BCUT2D eigenvalue weighted by atomic mass is 9.85. The smallest absolute Gasteiger partial charge is 0.222 e. The van der Waals surface area contributed by atoms with Gasteiger partial charge in [0.25, 0.3) is 0 Å². The molecular weight excluding hydrogens is 240 g/mol. The summed E-state index contributed by atoms with van der Waals surface area (Å²) in [5.41, 5.74) is 5.51. The van der Waals surface area contributed by atoms with Crippen LogP contribution in [0.1, 0.15) is 58.3 Å². The highest BCUT2D eigenvalue weighted by atomic mass is 16.5. The van der Waals surface area contributed by atoms with Crippen LogP contribution < -0.4 is 11.1 Å². The third kappa shape index (κ3) is 6.92. The predicted octanol–water partition coefficient (Wildman–Crippen LogP) is 2.22. The van der Waals surface area contributed by atoms with Gasteiger partial charge in [0.1, 0.15) is 0 Å². The summed E-state index contributed by atoms with van der Waals surface area (Å²) in [4.78, 5) is 11.8. The SMILES string of the molecule is COC(CN)CC(=O)NC(C)CCC1CCCCC1. The number of carbonyl (C=O) groups excluding carboxylic acids is 1. The highest BCUT2D eigenvalue weighted by Gasteiger charge is 2.16. The molecule has 0 aromatic carbocycles. The molecule has 0 aliphatic heterocycles. The zero-order valence-electron chi connectivity index (χ0n) is 12.5. The first kappa shape index (κ1) is 16.4. The molecule has 1 aliphatic carbocycles.